The van der Waals surface area contributed by atoms with E-state index in [2.05, 4.69) is 0 Å². The molecule has 2 aromatic carbocycles. The van der Waals surface area contributed by atoms with Crippen molar-refractivity contribution in [1.82, 2.24) is 4.31 Å². The molecule has 2 aliphatic rings. The largest absolute Gasteiger partial charge is 0.495 e. The van der Waals surface area contributed by atoms with Crippen molar-refractivity contribution < 1.29 is 27.5 Å². The number of esters is 1. The van der Waals surface area contributed by atoms with Crippen LogP contribution in [-0.2, 0) is 26.0 Å². The highest BCUT2D eigenvalue weighted by molar-refractivity contribution is 7.89. The molecule has 1 saturated heterocycles. The molecular weight excluding hydrogens is 444 g/mol. The van der Waals surface area contributed by atoms with Gasteiger partial charge < -0.3 is 14.4 Å². The first-order valence-corrected chi connectivity index (χ1v) is 12.6. The van der Waals surface area contributed by atoms with Crippen LogP contribution in [-0.4, -0.2) is 58.0 Å². The lowest BCUT2D eigenvalue weighted by Gasteiger charge is -2.21. The first-order chi connectivity index (χ1) is 15.9. The van der Waals surface area contributed by atoms with Gasteiger partial charge in [-0.25, -0.2) is 13.2 Å². The minimum absolute atomic E-state index is 0.0545. The van der Waals surface area contributed by atoms with E-state index in [1.807, 2.05) is 24.3 Å². The van der Waals surface area contributed by atoms with Gasteiger partial charge >= 0.3 is 5.97 Å². The molecule has 0 saturated carbocycles. The standard InChI is InChI=1S/C24H28N2O6S/c1-31-21-11-10-19(16-22(21)33(29,30)25-13-6-2-3-7-14-25)24(28)32-17-23(27)26-15-12-18-8-4-5-9-20(18)26/h4-5,8-11,16H,2-3,6-7,12-15,17H2,1H3. The van der Waals surface area contributed by atoms with Gasteiger partial charge in [0.25, 0.3) is 5.91 Å². The van der Waals surface area contributed by atoms with E-state index in [9.17, 15) is 18.0 Å². The Morgan fingerprint density at radius 1 is 0.970 bits per heavy atom. The SMILES string of the molecule is COc1ccc(C(=O)OCC(=O)N2CCc3ccccc32)cc1S(=O)(=O)N1CCCCCC1. The fourth-order valence-corrected chi connectivity index (χ4v) is 6.01. The highest BCUT2D eigenvalue weighted by Gasteiger charge is 2.30. The molecule has 0 N–H and O–H groups in total. The second kappa shape index (κ2) is 9.93. The Morgan fingerprint density at radius 2 is 1.70 bits per heavy atom. The Hall–Kier alpha value is -2.91. The van der Waals surface area contributed by atoms with Crippen molar-refractivity contribution in [3.05, 3.63) is 53.6 Å². The Morgan fingerprint density at radius 3 is 2.42 bits per heavy atom. The number of fused-ring (bicyclic) bond motifs is 1. The molecular formula is C24H28N2O6S. The quantitative estimate of drug-likeness (QED) is 0.600. The van der Waals surface area contributed by atoms with Gasteiger partial charge in [-0.3, -0.25) is 4.79 Å². The van der Waals surface area contributed by atoms with E-state index in [0.717, 1.165) is 43.4 Å². The van der Waals surface area contributed by atoms with E-state index in [-0.39, 0.29) is 22.1 Å². The number of nitrogens with zero attached hydrogens (tertiary/aromatic N) is 2. The summed E-state index contributed by atoms with van der Waals surface area (Å²) < 4.78 is 38.5. The minimum Gasteiger partial charge on any atom is -0.495 e. The first-order valence-electron chi connectivity index (χ1n) is 11.2. The highest BCUT2D eigenvalue weighted by atomic mass is 32.2. The number of methoxy groups -OCH3 is 1. The summed E-state index contributed by atoms with van der Waals surface area (Å²) in [4.78, 5) is 26.8. The number of rotatable bonds is 6. The molecule has 1 amide bonds. The molecule has 0 spiro atoms. The van der Waals surface area contributed by atoms with E-state index < -0.39 is 22.6 Å². The number of para-hydroxylation sites is 1. The van der Waals surface area contributed by atoms with Crippen LogP contribution in [0.4, 0.5) is 5.69 Å². The second-order valence-corrected chi connectivity index (χ2v) is 10.1. The second-order valence-electron chi connectivity index (χ2n) is 8.18. The van der Waals surface area contributed by atoms with Crippen molar-refractivity contribution in [2.24, 2.45) is 0 Å². The summed E-state index contributed by atoms with van der Waals surface area (Å²) in [7, 11) is -2.45. The van der Waals surface area contributed by atoms with Crippen molar-refractivity contribution >= 4 is 27.6 Å². The fraction of sp³-hybridized carbons (Fsp3) is 0.417. The first kappa shape index (κ1) is 23.3. The van der Waals surface area contributed by atoms with Crippen LogP contribution in [0.25, 0.3) is 0 Å². The molecule has 2 heterocycles. The van der Waals surface area contributed by atoms with E-state index in [4.69, 9.17) is 9.47 Å². The van der Waals surface area contributed by atoms with Gasteiger partial charge in [0.1, 0.15) is 10.6 Å². The van der Waals surface area contributed by atoms with Crippen LogP contribution in [0, 0.1) is 0 Å². The molecule has 0 radical (unpaired) electrons. The van der Waals surface area contributed by atoms with Gasteiger partial charge in [0.05, 0.1) is 12.7 Å². The van der Waals surface area contributed by atoms with Crippen molar-refractivity contribution in [2.75, 3.05) is 38.3 Å². The Bertz CT molecular complexity index is 1140. The van der Waals surface area contributed by atoms with Gasteiger partial charge in [0.15, 0.2) is 6.61 Å². The summed E-state index contributed by atoms with van der Waals surface area (Å²) in [6, 6.07) is 11.8. The number of sulfonamides is 1. The Kier molecular flexibility index (Phi) is 6.99. The smallest absolute Gasteiger partial charge is 0.338 e. The van der Waals surface area contributed by atoms with Gasteiger partial charge in [-0.15, -0.1) is 0 Å². The zero-order valence-electron chi connectivity index (χ0n) is 18.7. The lowest BCUT2D eigenvalue weighted by Crippen LogP contribution is -2.33. The van der Waals surface area contributed by atoms with Crippen molar-refractivity contribution in [1.29, 1.82) is 0 Å². The minimum atomic E-state index is -3.84. The lowest BCUT2D eigenvalue weighted by molar-refractivity contribution is -0.121. The van der Waals surface area contributed by atoms with E-state index in [1.165, 1.54) is 29.6 Å². The van der Waals surface area contributed by atoms with Crippen LogP contribution >= 0.6 is 0 Å². The third kappa shape index (κ3) is 4.89. The molecule has 4 rings (SSSR count). The van der Waals surface area contributed by atoms with Gasteiger partial charge in [-0.2, -0.15) is 4.31 Å². The lowest BCUT2D eigenvalue weighted by atomic mass is 10.2. The number of amides is 1. The molecule has 0 unspecified atom stereocenters. The number of hydrogen-bond donors (Lipinski definition) is 0. The number of ether oxygens (including phenoxy) is 2. The van der Waals surface area contributed by atoms with Crippen LogP contribution in [0.3, 0.4) is 0 Å². The molecule has 0 aromatic heterocycles. The van der Waals surface area contributed by atoms with Gasteiger partial charge in [0.2, 0.25) is 10.0 Å². The number of benzene rings is 2. The summed E-state index contributed by atoms with van der Waals surface area (Å²) in [6.45, 7) is 0.988. The van der Waals surface area contributed by atoms with E-state index in [0.29, 0.717) is 19.6 Å². The zero-order chi connectivity index (χ0) is 23.4. The molecule has 176 valence electrons. The van der Waals surface area contributed by atoms with Crippen LogP contribution in [0.15, 0.2) is 47.4 Å². The molecule has 0 bridgehead atoms. The van der Waals surface area contributed by atoms with Crippen LogP contribution in [0.1, 0.15) is 41.6 Å². The molecule has 0 aliphatic carbocycles. The van der Waals surface area contributed by atoms with Crippen LogP contribution in [0.2, 0.25) is 0 Å². The summed E-state index contributed by atoms with van der Waals surface area (Å²) in [5.41, 5.74) is 1.96. The summed E-state index contributed by atoms with van der Waals surface area (Å²) in [5, 5.41) is 0. The Balaban J connectivity index is 1.49. The normalized spacial score (nSPS) is 16.7. The zero-order valence-corrected chi connectivity index (χ0v) is 19.5. The van der Waals surface area contributed by atoms with Gasteiger partial charge in [-0.05, 0) is 49.1 Å². The molecule has 33 heavy (non-hydrogen) atoms. The monoisotopic (exact) mass is 472 g/mol. The molecule has 8 nitrogen and oxygen atoms in total. The fourth-order valence-electron chi connectivity index (χ4n) is 4.31. The maximum Gasteiger partial charge on any atom is 0.338 e. The number of hydrogen-bond acceptors (Lipinski definition) is 6. The molecule has 9 heteroatoms. The average molecular weight is 473 g/mol. The third-order valence-electron chi connectivity index (χ3n) is 6.10. The summed E-state index contributed by atoms with van der Waals surface area (Å²) in [6.07, 6.45) is 4.33. The summed E-state index contributed by atoms with van der Waals surface area (Å²) >= 11 is 0. The summed E-state index contributed by atoms with van der Waals surface area (Å²) in [5.74, 6) is -0.912. The molecule has 2 aromatic rings. The third-order valence-corrected chi connectivity index (χ3v) is 8.02. The van der Waals surface area contributed by atoms with Gasteiger partial charge in [0, 0.05) is 25.3 Å². The van der Waals surface area contributed by atoms with Crippen LogP contribution in [0.5, 0.6) is 5.75 Å². The number of carbonyl (C=O) groups is 2. The predicted molar refractivity (Wildman–Crippen MR) is 123 cm³/mol. The molecule has 2 aliphatic heterocycles. The predicted octanol–water partition coefficient (Wildman–Crippen LogP) is 3.01. The average Bonchev–Trinajstić information content (AvgIpc) is 3.06. The van der Waals surface area contributed by atoms with Gasteiger partial charge in [-0.1, -0.05) is 31.0 Å². The van der Waals surface area contributed by atoms with Crippen molar-refractivity contribution in [3.63, 3.8) is 0 Å². The molecule has 1 fully saturated rings. The van der Waals surface area contributed by atoms with Crippen molar-refractivity contribution in [2.45, 2.75) is 37.0 Å². The number of carbonyl (C=O) groups excluding carboxylic acids is 2. The van der Waals surface area contributed by atoms with Crippen LogP contribution < -0.4 is 9.64 Å². The van der Waals surface area contributed by atoms with E-state index >= 15 is 0 Å². The maximum atomic E-state index is 13.3. The maximum absolute atomic E-state index is 13.3. The Labute approximate surface area is 194 Å². The van der Waals surface area contributed by atoms with E-state index in [1.54, 1.807) is 4.90 Å². The van der Waals surface area contributed by atoms with Crippen molar-refractivity contribution in [3.8, 4) is 5.75 Å². The molecule has 0 atom stereocenters. The number of anilines is 1. The topological polar surface area (TPSA) is 93.2 Å². The highest BCUT2D eigenvalue weighted by Crippen LogP contribution is 2.30.